The summed E-state index contributed by atoms with van der Waals surface area (Å²) in [6.07, 6.45) is 2.90. The fourth-order valence-electron chi connectivity index (χ4n) is 2.74. The number of pyridine rings is 1. The summed E-state index contributed by atoms with van der Waals surface area (Å²) in [6, 6.07) is 12.5. The summed E-state index contributed by atoms with van der Waals surface area (Å²) < 4.78 is 6.02. The van der Waals surface area contributed by atoms with Gasteiger partial charge in [-0.05, 0) is 25.0 Å². The first-order valence-corrected chi connectivity index (χ1v) is 7.36. The molecule has 0 saturated carbocycles. The molecule has 2 aromatic rings. The fourth-order valence-corrected chi connectivity index (χ4v) is 2.74. The Morgan fingerprint density at radius 3 is 2.90 bits per heavy atom. The van der Waals surface area contributed by atoms with E-state index in [0.29, 0.717) is 11.6 Å². The van der Waals surface area contributed by atoms with Crippen LogP contribution in [0.1, 0.15) is 17.5 Å². The van der Waals surface area contributed by atoms with E-state index in [1.807, 2.05) is 13.0 Å². The van der Waals surface area contributed by atoms with Crippen LogP contribution < -0.4 is 10.5 Å². The number of nitrogens with zero attached hydrogens (tertiary/aromatic N) is 2. The Morgan fingerprint density at radius 1 is 1.33 bits per heavy atom. The molecule has 21 heavy (non-hydrogen) atoms. The lowest BCUT2D eigenvalue weighted by Gasteiger charge is -2.17. The largest absolute Gasteiger partial charge is 0.473 e. The molecule has 2 heterocycles. The van der Waals surface area contributed by atoms with Gasteiger partial charge in [-0.25, -0.2) is 4.98 Å². The van der Waals surface area contributed by atoms with Crippen molar-refractivity contribution in [1.82, 2.24) is 9.88 Å². The zero-order valence-electron chi connectivity index (χ0n) is 12.3. The number of nitrogens with two attached hydrogens (primary N) is 1. The number of likely N-dealkylation sites (tertiary alicyclic amines) is 1. The first-order valence-electron chi connectivity index (χ1n) is 7.36. The Bertz CT molecular complexity index is 600. The molecule has 1 aromatic heterocycles. The molecule has 0 aliphatic carbocycles. The van der Waals surface area contributed by atoms with Gasteiger partial charge in [0.2, 0.25) is 5.88 Å². The molecule has 4 heteroatoms. The summed E-state index contributed by atoms with van der Waals surface area (Å²) in [6.45, 7) is 4.97. The van der Waals surface area contributed by atoms with Crippen molar-refractivity contribution in [2.24, 2.45) is 0 Å². The number of hydrogen-bond donors (Lipinski definition) is 1. The second-order valence-corrected chi connectivity index (χ2v) is 5.64. The molecule has 0 amide bonds. The van der Waals surface area contributed by atoms with Crippen LogP contribution in [0, 0.1) is 6.92 Å². The molecule has 1 atom stereocenters. The topological polar surface area (TPSA) is 51.4 Å². The zero-order valence-corrected chi connectivity index (χ0v) is 12.3. The van der Waals surface area contributed by atoms with Crippen LogP contribution >= 0.6 is 0 Å². The molecule has 3 rings (SSSR count). The second kappa shape index (κ2) is 6.14. The average molecular weight is 283 g/mol. The highest BCUT2D eigenvalue weighted by molar-refractivity contribution is 5.41. The van der Waals surface area contributed by atoms with Crippen molar-refractivity contribution in [3.05, 3.63) is 53.7 Å². The Labute approximate surface area is 125 Å². The summed E-state index contributed by atoms with van der Waals surface area (Å²) in [5.41, 5.74) is 8.74. The van der Waals surface area contributed by atoms with Crippen molar-refractivity contribution < 1.29 is 4.74 Å². The number of rotatable bonds is 4. The van der Waals surface area contributed by atoms with Gasteiger partial charge in [0.25, 0.3) is 0 Å². The molecule has 0 radical (unpaired) electrons. The van der Waals surface area contributed by atoms with Gasteiger partial charge in [-0.3, -0.25) is 4.90 Å². The number of ether oxygens (including phenoxy) is 1. The Balaban J connectivity index is 1.57. The van der Waals surface area contributed by atoms with Crippen molar-refractivity contribution in [2.45, 2.75) is 26.0 Å². The van der Waals surface area contributed by atoms with E-state index in [9.17, 15) is 0 Å². The summed E-state index contributed by atoms with van der Waals surface area (Å²) in [4.78, 5) is 6.71. The molecule has 1 aromatic carbocycles. The van der Waals surface area contributed by atoms with Crippen molar-refractivity contribution in [1.29, 1.82) is 0 Å². The lowest BCUT2D eigenvalue weighted by atomic mass is 10.2. The molecule has 2 N–H and O–H groups in total. The smallest absolute Gasteiger partial charge is 0.216 e. The zero-order chi connectivity index (χ0) is 14.7. The molecule has 1 saturated heterocycles. The van der Waals surface area contributed by atoms with E-state index >= 15 is 0 Å². The Morgan fingerprint density at radius 2 is 2.14 bits per heavy atom. The third-order valence-electron chi connectivity index (χ3n) is 3.81. The number of nitrogen functional groups attached to an aromatic ring is 1. The van der Waals surface area contributed by atoms with Gasteiger partial charge in [0.05, 0.1) is 11.9 Å². The Hall–Kier alpha value is -2.07. The van der Waals surface area contributed by atoms with Gasteiger partial charge < -0.3 is 10.5 Å². The third-order valence-corrected chi connectivity index (χ3v) is 3.81. The first-order chi connectivity index (χ1) is 10.2. The minimum absolute atomic E-state index is 0.212. The van der Waals surface area contributed by atoms with Crippen LogP contribution in [0.3, 0.4) is 0 Å². The summed E-state index contributed by atoms with van der Waals surface area (Å²) >= 11 is 0. The molecule has 4 nitrogen and oxygen atoms in total. The van der Waals surface area contributed by atoms with E-state index in [0.717, 1.165) is 31.6 Å². The van der Waals surface area contributed by atoms with Crippen LogP contribution in [0.2, 0.25) is 0 Å². The van der Waals surface area contributed by atoms with Crippen LogP contribution in [0.25, 0.3) is 0 Å². The number of anilines is 1. The molecule has 1 aliphatic rings. The van der Waals surface area contributed by atoms with Crippen molar-refractivity contribution in [3.8, 4) is 5.88 Å². The summed E-state index contributed by atoms with van der Waals surface area (Å²) in [5, 5.41) is 0. The van der Waals surface area contributed by atoms with Gasteiger partial charge in [0, 0.05) is 25.2 Å². The van der Waals surface area contributed by atoms with E-state index < -0.39 is 0 Å². The first kappa shape index (κ1) is 13.9. The van der Waals surface area contributed by atoms with E-state index in [2.05, 4.69) is 40.2 Å². The van der Waals surface area contributed by atoms with E-state index in [-0.39, 0.29) is 6.10 Å². The Kier molecular flexibility index (Phi) is 4.06. The molecule has 0 spiro atoms. The molecule has 1 aliphatic heterocycles. The second-order valence-electron chi connectivity index (χ2n) is 5.64. The van der Waals surface area contributed by atoms with Crippen LogP contribution in [0.5, 0.6) is 5.88 Å². The van der Waals surface area contributed by atoms with E-state index in [4.69, 9.17) is 10.5 Å². The van der Waals surface area contributed by atoms with Crippen LogP contribution in [0.4, 0.5) is 5.69 Å². The van der Waals surface area contributed by atoms with E-state index in [1.54, 1.807) is 6.20 Å². The van der Waals surface area contributed by atoms with Crippen LogP contribution in [0.15, 0.2) is 42.6 Å². The van der Waals surface area contributed by atoms with Crippen molar-refractivity contribution in [2.75, 3.05) is 18.8 Å². The highest BCUT2D eigenvalue weighted by Gasteiger charge is 2.24. The fraction of sp³-hybridized carbons (Fsp3) is 0.353. The molecule has 110 valence electrons. The van der Waals surface area contributed by atoms with E-state index in [1.165, 1.54) is 5.56 Å². The summed E-state index contributed by atoms with van der Waals surface area (Å²) in [7, 11) is 0. The van der Waals surface area contributed by atoms with Crippen LogP contribution in [-0.2, 0) is 6.54 Å². The van der Waals surface area contributed by atoms with Crippen molar-refractivity contribution >= 4 is 5.69 Å². The van der Waals surface area contributed by atoms with Gasteiger partial charge in [-0.2, -0.15) is 0 Å². The number of benzene rings is 1. The quantitative estimate of drug-likeness (QED) is 0.937. The highest BCUT2D eigenvalue weighted by Crippen LogP contribution is 2.22. The molecular formula is C17H21N3O. The molecule has 1 fully saturated rings. The lowest BCUT2D eigenvalue weighted by molar-refractivity contribution is 0.190. The van der Waals surface area contributed by atoms with Crippen LogP contribution in [-0.4, -0.2) is 29.1 Å². The maximum absolute atomic E-state index is 6.02. The van der Waals surface area contributed by atoms with Gasteiger partial charge in [0.15, 0.2) is 0 Å². The molecular weight excluding hydrogens is 262 g/mol. The predicted molar refractivity (Wildman–Crippen MR) is 84.1 cm³/mol. The lowest BCUT2D eigenvalue weighted by Crippen LogP contribution is -2.25. The van der Waals surface area contributed by atoms with Gasteiger partial charge in [0.1, 0.15) is 6.10 Å². The summed E-state index contributed by atoms with van der Waals surface area (Å²) in [5.74, 6) is 0.704. The SMILES string of the molecule is Cc1cc(N)cnc1OC1CCN(Cc2ccccc2)C1. The van der Waals surface area contributed by atoms with Gasteiger partial charge in [-0.1, -0.05) is 30.3 Å². The van der Waals surface area contributed by atoms with Crippen molar-refractivity contribution in [3.63, 3.8) is 0 Å². The molecule has 1 unspecified atom stereocenters. The van der Waals surface area contributed by atoms with Gasteiger partial charge >= 0.3 is 0 Å². The van der Waals surface area contributed by atoms with Gasteiger partial charge in [-0.15, -0.1) is 0 Å². The maximum Gasteiger partial charge on any atom is 0.216 e. The number of aryl methyl sites for hydroxylation is 1. The maximum atomic E-state index is 6.02. The predicted octanol–water partition coefficient (Wildman–Crippen LogP) is 2.63. The standard InChI is InChI=1S/C17H21N3O/c1-13-9-15(18)10-19-17(13)21-16-7-8-20(12-16)11-14-5-3-2-4-6-14/h2-6,9-10,16H,7-8,11-12,18H2,1H3. The monoisotopic (exact) mass is 283 g/mol. The minimum atomic E-state index is 0.212. The minimum Gasteiger partial charge on any atom is -0.473 e. The number of hydrogen-bond acceptors (Lipinski definition) is 4. The highest BCUT2D eigenvalue weighted by atomic mass is 16.5. The third kappa shape index (κ3) is 3.52. The normalized spacial score (nSPS) is 18.8. The number of aromatic nitrogens is 1. The molecule has 0 bridgehead atoms. The average Bonchev–Trinajstić information content (AvgIpc) is 2.90.